The minimum absolute atomic E-state index is 0.169. The average Bonchev–Trinajstić information content (AvgIpc) is 2.71. The van der Waals surface area contributed by atoms with Crippen LogP contribution in [0.15, 0.2) is 42.5 Å². The summed E-state index contributed by atoms with van der Waals surface area (Å²) in [6.45, 7) is 2.18. The van der Waals surface area contributed by atoms with Crippen LogP contribution in [-0.4, -0.2) is 45.9 Å². The van der Waals surface area contributed by atoms with Crippen molar-refractivity contribution in [1.82, 2.24) is 5.32 Å². The highest BCUT2D eigenvalue weighted by Gasteiger charge is 2.32. The number of benzene rings is 2. The van der Waals surface area contributed by atoms with Gasteiger partial charge >= 0.3 is 0 Å². The summed E-state index contributed by atoms with van der Waals surface area (Å²) in [7, 11) is -3.77. The van der Waals surface area contributed by atoms with Gasteiger partial charge in [0.2, 0.25) is 15.9 Å². The number of hydrogen-bond acceptors (Lipinski definition) is 5. The van der Waals surface area contributed by atoms with Crippen molar-refractivity contribution in [2.75, 3.05) is 23.7 Å². The molecule has 3 rings (SSSR count). The van der Waals surface area contributed by atoms with Crippen LogP contribution in [0.2, 0.25) is 10.0 Å². The van der Waals surface area contributed by atoms with E-state index in [9.17, 15) is 13.2 Å². The van der Waals surface area contributed by atoms with E-state index in [0.717, 1.165) is 10.6 Å². The van der Waals surface area contributed by atoms with Crippen LogP contribution >= 0.6 is 23.2 Å². The Hall–Kier alpha value is -2.16. The fraction of sp³-hybridized carbons (Fsp3) is 0.350. The van der Waals surface area contributed by atoms with E-state index in [0.29, 0.717) is 16.5 Å². The molecule has 1 aliphatic rings. The molecule has 1 N–H and O–H groups in total. The Balaban J connectivity index is 1.74. The fourth-order valence-corrected chi connectivity index (χ4v) is 4.67. The van der Waals surface area contributed by atoms with Crippen LogP contribution in [-0.2, 0) is 14.8 Å². The third kappa shape index (κ3) is 5.11. The van der Waals surface area contributed by atoms with E-state index in [2.05, 4.69) is 5.32 Å². The first-order chi connectivity index (χ1) is 14.2. The number of nitrogens with one attached hydrogen (secondary N) is 1. The Bertz CT molecular complexity index is 1030. The molecule has 0 fully saturated rings. The molecule has 0 bridgehead atoms. The first-order valence-corrected chi connectivity index (χ1v) is 11.9. The smallest absolute Gasteiger partial charge is 0.244 e. The van der Waals surface area contributed by atoms with E-state index < -0.39 is 28.1 Å². The maximum atomic E-state index is 12.9. The number of anilines is 1. The number of nitrogens with zero attached hydrogens (tertiary/aromatic N) is 1. The zero-order valence-corrected chi connectivity index (χ0v) is 18.8. The predicted molar refractivity (Wildman–Crippen MR) is 117 cm³/mol. The fourth-order valence-electron chi connectivity index (χ4n) is 3.18. The standard InChI is InChI=1S/C20H22Cl2N2O5S/c1-3-17(24(30(2,26)27)13-8-9-15(21)16(22)10-13)20(25)23-11-14-12-28-18-6-4-5-7-19(18)29-14/h4-10,14,17H,3,11-12H2,1-2H3,(H,23,25)/t14-,17+/m1/s1. The molecule has 7 nitrogen and oxygen atoms in total. The molecule has 0 aliphatic carbocycles. The lowest BCUT2D eigenvalue weighted by molar-refractivity contribution is -0.122. The highest BCUT2D eigenvalue weighted by molar-refractivity contribution is 7.92. The number of amides is 1. The van der Waals surface area contributed by atoms with Crippen LogP contribution < -0.4 is 19.1 Å². The zero-order valence-electron chi connectivity index (χ0n) is 16.5. The van der Waals surface area contributed by atoms with Crippen molar-refractivity contribution in [3.8, 4) is 11.5 Å². The molecule has 10 heteroatoms. The van der Waals surface area contributed by atoms with E-state index in [-0.39, 0.29) is 30.3 Å². The van der Waals surface area contributed by atoms with Crippen molar-refractivity contribution < 1.29 is 22.7 Å². The van der Waals surface area contributed by atoms with Gasteiger partial charge in [-0.15, -0.1) is 0 Å². The number of para-hydroxylation sites is 2. The van der Waals surface area contributed by atoms with Gasteiger partial charge in [0.15, 0.2) is 11.5 Å². The molecule has 2 aromatic carbocycles. The Kier molecular flexibility index (Phi) is 7.00. The number of fused-ring (bicyclic) bond motifs is 1. The van der Waals surface area contributed by atoms with Gasteiger partial charge in [-0.2, -0.15) is 0 Å². The number of carbonyl (C=O) groups is 1. The number of hydrogen-bond donors (Lipinski definition) is 1. The molecule has 0 saturated heterocycles. The lowest BCUT2D eigenvalue weighted by atomic mass is 10.2. The zero-order chi connectivity index (χ0) is 21.9. The van der Waals surface area contributed by atoms with Gasteiger partial charge in [-0.25, -0.2) is 8.42 Å². The van der Waals surface area contributed by atoms with Crippen LogP contribution in [0.25, 0.3) is 0 Å². The second-order valence-electron chi connectivity index (χ2n) is 6.82. The van der Waals surface area contributed by atoms with Crippen LogP contribution in [0.4, 0.5) is 5.69 Å². The monoisotopic (exact) mass is 472 g/mol. The summed E-state index contributed by atoms with van der Waals surface area (Å²) < 4.78 is 37.5. The summed E-state index contributed by atoms with van der Waals surface area (Å²) in [6, 6.07) is 10.7. The Morgan fingerprint density at radius 3 is 2.53 bits per heavy atom. The Morgan fingerprint density at radius 2 is 1.90 bits per heavy atom. The molecular formula is C20H22Cl2N2O5S. The van der Waals surface area contributed by atoms with Crippen molar-refractivity contribution in [1.29, 1.82) is 0 Å². The van der Waals surface area contributed by atoms with Crippen LogP contribution in [0, 0.1) is 0 Å². The minimum atomic E-state index is -3.77. The minimum Gasteiger partial charge on any atom is -0.486 e. The van der Waals surface area contributed by atoms with E-state index in [1.807, 2.05) is 12.1 Å². The second kappa shape index (κ2) is 9.32. The lowest BCUT2D eigenvalue weighted by Crippen LogP contribution is -2.51. The predicted octanol–water partition coefficient (Wildman–Crippen LogP) is 3.49. The highest BCUT2D eigenvalue weighted by atomic mass is 35.5. The summed E-state index contributed by atoms with van der Waals surface area (Å²) in [4.78, 5) is 12.9. The molecule has 2 atom stereocenters. The largest absolute Gasteiger partial charge is 0.486 e. The van der Waals surface area contributed by atoms with Crippen molar-refractivity contribution in [3.05, 3.63) is 52.5 Å². The third-order valence-electron chi connectivity index (χ3n) is 4.56. The summed E-state index contributed by atoms with van der Waals surface area (Å²) >= 11 is 12.0. The van der Waals surface area contributed by atoms with Crippen molar-refractivity contribution in [3.63, 3.8) is 0 Å². The number of sulfonamides is 1. The van der Waals surface area contributed by atoms with Gasteiger partial charge in [-0.3, -0.25) is 9.10 Å². The number of ether oxygens (including phenoxy) is 2. The molecule has 2 aromatic rings. The van der Waals surface area contributed by atoms with Gasteiger partial charge in [0, 0.05) is 0 Å². The summed E-state index contributed by atoms with van der Waals surface area (Å²) in [5.74, 6) is 0.800. The van der Waals surface area contributed by atoms with Crippen molar-refractivity contribution in [2.24, 2.45) is 0 Å². The van der Waals surface area contributed by atoms with E-state index in [1.54, 1.807) is 19.1 Å². The molecule has 162 valence electrons. The first kappa shape index (κ1) is 22.5. The van der Waals surface area contributed by atoms with Gasteiger partial charge in [-0.1, -0.05) is 42.3 Å². The van der Waals surface area contributed by atoms with Crippen LogP contribution in [0.1, 0.15) is 13.3 Å². The number of halogens is 2. The van der Waals surface area contributed by atoms with Gasteiger partial charge in [0.05, 0.1) is 28.5 Å². The molecular weight excluding hydrogens is 451 g/mol. The van der Waals surface area contributed by atoms with E-state index >= 15 is 0 Å². The Morgan fingerprint density at radius 1 is 1.20 bits per heavy atom. The normalized spacial score (nSPS) is 16.6. The van der Waals surface area contributed by atoms with Crippen LogP contribution in [0.5, 0.6) is 11.5 Å². The molecule has 0 unspecified atom stereocenters. The highest BCUT2D eigenvalue weighted by Crippen LogP contribution is 2.31. The summed E-state index contributed by atoms with van der Waals surface area (Å²) in [6.07, 6.45) is 0.905. The lowest BCUT2D eigenvalue weighted by Gasteiger charge is -2.31. The maximum absolute atomic E-state index is 12.9. The molecule has 0 saturated carbocycles. The third-order valence-corrected chi connectivity index (χ3v) is 6.48. The van der Waals surface area contributed by atoms with Crippen molar-refractivity contribution in [2.45, 2.75) is 25.5 Å². The topological polar surface area (TPSA) is 84.9 Å². The number of rotatable bonds is 7. The summed E-state index contributed by atoms with van der Waals surface area (Å²) in [5.41, 5.74) is 0.264. The Labute approximate surface area is 185 Å². The second-order valence-corrected chi connectivity index (χ2v) is 9.50. The maximum Gasteiger partial charge on any atom is 0.244 e. The molecule has 0 aromatic heterocycles. The molecule has 1 heterocycles. The van der Waals surface area contributed by atoms with Gasteiger partial charge in [0.25, 0.3) is 0 Å². The van der Waals surface area contributed by atoms with Crippen LogP contribution in [0.3, 0.4) is 0 Å². The summed E-state index contributed by atoms with van der Waals surface area (Å²) in [5, 5.41) is 3.26. The molecule has 1 aliphatic heterocycles. The SMILES string of the molecule is CC[C@@H](C(=O)NC[C@@H]1COc2ccccc2O1)N(c1ccc(Cl)c(Cl)c1)S(C)(=O)=O. The van der Waals surface area contributed by atoms with Gasteiger partial charge in [-0.05, 0) is 36.8 Å². The quantitative estimate of drug-likeness (QED) is 0.666. The average molecular weight is 473 g/mol. The molecule has 1 amide bonds. The van der Waals surface area contributed by atoms with Gasteiger partial charge < -0.3 is 14.8 Å². The number of carbonyl (C=O) groups excluding carboxylic acids is 1. The first-order valence-electron chi connectivity index (χ1n) is 9.31. The molecule has 0 radical (unpaired) electrons. The molecule has 0 spiro atoms. The van der Waals surface area contributed by atoms with E-state index in [1.165, 1.54) is 18.2 Å². The van der Waals surface area contributed by atoms with E-state index in [4.69, 9.17) is 32.7 Å². The van der Waals surface area contributed by atoms with Crippen molar-refractivity contribution >= 4 is 44.8 Å². The molecule has 30 heavy (non-hydrogen) atoms. The van der Waals surface area contributed by atoms with Gasteiger partial charge in [0.1, 0.15) is 18.8 Å².